The van der Waals surface area contributed by atoms with Crippen LogP contribution in [0.1, 0.15) is 33.6 Å². The van der Waals surface area contributed by atoms with E-state index in [1.807, 2.05) is 11.3 Å². The first-order valence-corrected chi connectivity index (χ1v) is 31.3. The third-order valence-electron chi connectivity index (χ3n) is 18.4. The zero-order valence-corrected chi connectivity index (χ0v) is 50.7. The number of benzene rings is 12. The number of hydrogen-bond donors (Lipinski definition) is 0. The molecule has 0 aliphatic heterocycles. The van der Waals surface area contributed by atoms with Gasteiger partial charge in [0.15, 0.2) is 0 Å². The lowest BCUT2D eigenvalue weighted by Gasteiger charge is -2.27. The predicted molar refractivity (Wildman–Crippen MR) is 376 cm³/mol. The number of thiophene rings is 1. The van der Waals surface area contributed by atoms with Gasteiger partial charge in [-0.05, 0) is 194 Å². The standard InChI is InChI=1S/C83H57N5S/c1-49-25-40-73-66(43-49)61-15-6-10-20-70(61)86(73)58-34-28-54(29-35-58)78-69(48-84)79(57-46-52(4)85-53(5)47-57)83(65-19-14-24-77-82(65)64-18-9-13-23-76(64)89-77)81(56-32-38-60(39-33-56)88-72-22-12-8-17-63(72)68-45-51(3)27-42-75(68)88)80(78)55-30-36-59(37-31-55)87-71-21-11-7-16-62(71)67-44-50(2)26-41-74(67)87/h6-47H,1-5H3. The molecular formula is C83H57N5S. The Balaban J connectivity index is 1.01. The van der Waals surface area contributed by atoms with Crippen LogP contribution in [0.4, 0.5) is 0 Å². The van der Waals surface area contributed by atoms with Crippen LogP contribution < -0.4 is 0 Å². The quantitative estimate of drug-likeness (QED) is 0.152. The third kappa shape index (κ3) is 8.16. The minimum absolute atomic E-state index is 0.597. The Bertz CT molecular complexity index is 5820. The van der Waals surface area contributed by atoms with Crippen LogP contribution in [0.25, 0.3) is 158 Å². The highest BCUT2D eigenvalue weighted by molar-refractivity contribution is 7.26. The topological polar surface area (TPSA) is 51.5 Å². The first-order chi connectivity index (χ1) is 43.6. The van der Waals surface area contributed by atoms with Crippen LogP contribution in [-0.4, -0.2) is 18.7 Å². The molecule has 5 aromatic heterocycles. The van der Waals surface area contributed by atoms with Gasteiger partial charge in [-0.1, -0.05) is 156 Å². The van der Waals surface area contributed by atoms with Crippen molar-refractivity contribution in [2.24, 2.45) is 0 Å². The zero-order valence-electron chi connectivity index (χ0n) is 49.9. The predicted octanol–water partition coefficient (Wildman–Crippen LogP) is 22.5. The summed E-state index contributed by atoms with van der Waals surface area (Å²) in [7, 11) is 0. The van der Waals surface area contributed by atoms with Crippen molar-refractivity contribution in [1.29, 1.82) is 5.26 Å². The Kier molecular flexibility index (Phi) is 11.9. The maximum Gasteiger partial charge on any atom is 0.100 e. The van der Waals surface area contributed by atoms with Crippen LogP contribution in [0, 0.1) is 45.9 Å². The maximum atomic E-state index is 12.5. The van der Waals surface area contributed by atoms with Gasteiger partial charge in [0.25, 0.3) is 0 Å². The van der Waals surface area contributed by atoms with E-state index in [4.69, 9.17) is 4.98 Å². The number of para-hydroxylation sites is 3. The van der Waals surface area contributed by atoms with Crippen molar-refractivity contribution in [3.05, 3.63) is 288 Å². The molecule has 420 valence electrons. The summed E-state index contributed by atoms with van der Waals surface area (Å²) in [6.45, 7) is 10.6. The Hall–Kier alpha value is -11.1. The average Bonchev–Trinajstić information content (AvgIpc) is 1.06. The Labute approximate surface area is 519 Å². The zero-order chi connectivity index (χ0) is 59.8. The van der Waals surface area contributed by atoms with E-state index >= 15 is 0 Å². The monoisotopic (exact) mass is 1160 g/mol. The molecule has 0 amide bonds. The second-order valence-corrected chi connectivity index (χ2v) is 25.1. The van der Waals surface area contributed by atoms with Crippen LogP contribution in [0.2, 0.25) is 0 Å². The van der Waals surface area contributed by atoms with Gasteiger partial charge in [0, 0.05) is 92.1 Å². The largest absolute Gasteiger partial charge is 0.309 e. The highest BCUT2D eigenvalue weighted by Gasteiger charge is 2.31. The van der Waals surface area contributed by atoms with E-state index in [-0.39, 0.29) is 0 Å². The molecular weight excluding hydrogens is 1100 g/mol. The maximum absolute atomic E-state index is 12.5. The van der Waals surface area contributed by atoms with Crippen molar-refractivity contribution in [3.63, 3.8) is 0 Å². The van der Waals surface area contributed by atoms with Crippen molar-refractivity contribution in [2.45, 2.75) is 34.6 Å². The summed E-state index contributed by atoms with van der Waals surface area (Å²) in [5, 5.41) is 22.2. The molecule has 0 aliphatic rings. The van der Waals surface area contributed by atoms with Gasteiger partial charge in [0.1, 0.15) is 6.07 Å². The van der Waals surface area contributed by atoms with Gasteiger partial charge in [-0.25, -0.2) is 0 Å². The second kappa shape index (κ2) is 20.3. The fourth-order valence-electron chi connectivity index (χ4n) is 14.7. The van der Waals surface area contributed by atoms with Crippen LogP contribution in [-0.2, 0) is 0 Å². The minimum Gasteiger partial charge on any atom is -0.309 e. The molecule has 0 saturated carbocycles. The summed E-state index contributed by atoms with van der Waals surface area (Å²) in [5.74, 6) is 0. The van der Waals surface area contributed by atoms with E-state index in [0.717, 1.165) is 117 Å². The van der Waals surface area contributed by atoms with E-state index in [2.05, 4.69) is 309 Å². The molecule has 0 atom stereocenters. The number of pyridine rings is 1. The minimum atomic E-state index is 0.597. The van der Waals surface area contributed by atoms with E-state index in [0.29, 0.717) is 5.56 Å². The van der Waals surface area contributed by atoms with Gasteiger partial charge in [0.2, 0.25) is 0 Å². The van der Waals surface area contributed by atoms with Gasteiger partial charge < -0.3 is 13.7 Å². The molecule has 0 unspecified atom stereocenters. The SMILES string of the molecule is Cc1ccc2c(c1)c1ccccc1n2-c1ccc(-c2c(C#N)c(-c3cc(C)nc(C)c3)c(-c3cccc4sc5ccccc5c34)c(-c3ccc(-n4c5ccccc5c5cc(C)ccc54)cc3)c2-c2ccc(-n3c4ccccc4c4cc(C)ccc43)cc2)cc1. The van der Waals surface area contributed by atoms with Crippen molar-refractivity contribution in [3.8, 4) is 78.8 Å². The highest BCUT2D eigenvalue weighted by Crippen LogP contribution is 2.55. The molecule has 0 spiro atoms. The molecule has 0 aliphatic carbocycles. The van der Waals surface area contributed by atoms with E-state index < -0.39 is 0 Å². The lowest BCUT2D eigenvalue weighted by atomic mass is 9.75. The van der Waals surface area contributed by atoms with Crippen LogP contribution in [0.3, 0.4) is 0 Å². The smallest absolute Gasteiger partial charge is 0.100 e. The average molecular weight is 1160 g/mol. The molecule has 5 heterocycles. The fourth-order valence-corrected chi connectivity index (χ4v) is 15.8. The molecule has 5 nitrogen and oxygen atoms in total. The van der Waals surface area contributed by atoms with Gasteiger partial charge in [-0.2, -0.15) is 5.26 Å². The molecule has 17 rings (SSSR count). The lowest BCUT2D eigenvalue weighted by Crippen LogP contribution is -2.04. The first kappa shape index (κ1) is 52.2. The van der Waals surface area contributed by atoms with Gasteiger partial charge in [-0.15, -0.1) is 11.3 Å². The van der Waals surface area contributed by atoms with Crippen LogP contribution in [0.15, 0.2) is 255 Å². The Morgan fingerprint density at radius 2 is 0.685 bits per heavy atom. The van der Waals surface area contributed by atoms with Crippen LogP contribution in [0.5, 0.6) is 0 Å². The number of aryl methyl sites for hydroxylation is 5. The lowest BCUT2D eigenvalue weighted by molar-refractivity contribution is 1.12. The van der Waals surface area contributed by atoms with Crippen molar-refractivity contribution in [2.75, 3.05) is 0 Å². The first-order valence-electron chi connectivity index (χ1n) is 30.5. The Morgan fingerprint density at radius 1 is 0.315 bits per heavy atom. The highest BCUT2D eigenvalue weighted by atomic mass is 32.1. The van der Waals surface area contributed by atoms with Gasteiger partial charge in [-0.3, -0.25) is 4.98 Å². The molecule has 0 bridgehead atoms. The van der Waals surface area contributed by atoms with E-state index in [1.165, 1.54) is 69.2 Å². The molecule has 0 fully saturated rings. The number of hydrogen-bond acceptors (Lipinski definition) is 3. The molecule has 89 heavy (non-hydrogen) atoms. The van der Waals surface area contributed by atoms with Crippen molar-refractivity contribution < 1.29 is 0 Å². The molecule has 12 aromatic carbocycles. The summed E-state index contributed by atoms with van der Waals surface area (Å²) < 4.78 is 9.57. The summed E-state index contributed by atoms with van der Waals surface area (Å²) in [6, 6.07) is 96.7. The van der Waals surface area contributed by atoms with E-state index in [9.17, 15) is 5.26 Å². The summed E-state index contributed by atoms with van der Waals surface area (Å²) in [4.78, 5) is 4.97. The molecule has 0 saturated heterocycles. The van der Waals surface area contributed by atoms with Gasteiger partial charge in [0.05, 0.1) is 38.7 Å². The summed E-state index contributed by atoms with van der Waals surface area (Å²) in [6.07, 6.45) is 0. The number of nitrogens with zero attached hydrogens (tertiary/aromatic N) is 5. The van der Waals surface area contributed by atoms with Crippen LogP contribution >= 0.6 is 11.3 Å². The van der Waals surface area contributed by atoms with Crippen molar-refractivity contribution in [1.82, 2.24) is 18.7 Å². The Morgan fingerprint density at radius 3 is 1.13 bits per heavy atom. The fraction of sp³-hybridized carbons (Fsp3) is 0.0602. The summed E-state index contributed by atoms with van der Waals surface area (Å²) in [5.41, 5.74) is 25.8. The number of rotatable bonds is 8. The summed E-state index contributed by atoms with van der Waals surface area (Å²) >= 11 is 1.81. The second-order valence-electron chi connectivity index (χ2n) is 24.0. The normalized spacial score (nSPS) is 11.9. The molecule has 17 aromatic rings. The van der Waals surface area contributed by atoms with Gasteiger partial charge >= 0.3 is 0 Å². The molecule has 0 N–H and O–H groups in total. The third-order valence-corrected chi connectivity index (χ3v) is 19.5. The number of aromatic nitrogens is 4. The van der Waals surface area contributed by atoms with Crippen molar-refractivity contribution >= 4 is 96.9 Å². The molecule has 6 heteroatoms. The number of fused-ring (bicyclic) bond motifs is 12. The molecule has 0 radical (unpaired) electrons. The van der Waals surface area contributed by atoms with E-state index in [1.54, 1.807) is 0 Å². The number of nitriles is 1.